The highest BCUT2D eigenvalue weighted by atomic mass is 79.9. The van der Waals surface area contributed by atoms with E-state index in [4.69, 9.17) is 11.6 Å². The van der Waals surface area contributed by atoms with Crippen LogP contribution >= 0.6 is 27.5 Å². The lowest BCUT2D eigenvalue weighted by Crippen LogP contribution is -2.47. The van der Waals surface area contributed by atoms with Crippen LogP contribution in [0.15, 0.2) is 53.0 Å². The predicted octanol–water partition coefficient (Wildman–Crippen LogP) is 4.75. The second-order valence-corrected chi connectivity index (χ2v) is 8.14. The van der Waals surface area contributed by atoms with Crippen molar-refractivity contribution in [2.24, 2.45) is 0 Å². The number of rotatable bonds is 2. The van der Waals surface area contributed by atoms with E-state index < -0.39 is 5.72 Å². The lowest BCUT2D eigenvalue weighted by Gasteiger charge is -2.29. The SMILES string of the molecule is O[C@]1(c2ccc(Cl)cc2)C[N+]2=C(CCCCC2)N1c1ccc(Br)cc1. The normalized spacial score (nSPS) is 23.6. The van der Waals surface area contributed by atoms with Crippen LogP contribution in [0.3, 0.4) is 0 Å². The first-order valence-corrected chi connectivity index (χ1v) is 9.90. The van der Waals surface area contributed by atoms with Crippen LogP contribution in [0.2, 0.25) is 5.02 Å². The van der Waals surface area contributed by atoms with Gasteiger partial charge in [-0.15, -0.1) is 0 Å². The Morgan fingerprint density at radius 2 is 1.72 bits per heavy atom. The third-order valence-electron chi connectivity index (χ3n) is 5.12. The molecule has 2 heterocycles. The zero-order chi connectivity index (χ0) is 17.4. The van der Waals surface area contributed by atoms with Crippen molar-refractivity contribution in [3.8, 4) is 0 Å². The standard InChI is InChI=1S/C20H21BrClN2O/c21-16-7-11-18(12-8-16)24-19-4-2-1-3-13-23(19)14-20(24,25)15-5-9-17(22)10-6-15/h5-12,25H,1-4,13-14H2/q+1/t20-/m0/s1. The highest BCUT2D eigenvalue weighted by molar-refractivity contribution is 9.10. The Bertz CT molecular complexity index is 803. The van der Waals surface area contributed by atoms with Crippen LogP contribution in [-0.4, -0.2) is 28.6 Å². The van der Waals surface area contributed by atoms with Crippen molar-refractivity contribution in [3.05, 3.63) is 63.6 Å². The van der Waals surface area contributed by atoms with E-state index in [1.54, 1.807) is 0 Å². The summed E-state index contributed by atoms with van der Waals surface area (Å²) in [6.45, 7) is 1.58. The first kappa shape index (κ1) is 17.1. The second-order valence-electron chi connectivity index (χ2n) is 6.78. The number of aliphatic hydroxyl groups is 1. The van der Waals surface area contributed by atoms with Gasteiger partial charge in [0.25, 0.3) is 11.6 Å². The van der Waals surface area contributed by atoms with Gasteiger partial charge in [-0.05, 0) is 55.7 Å². The summed E-state index contributed by atoms with van der Waals surface area (Å²) in [7, 11) is 0. The number of amidine groups is 1. The second kappa shape index (κ2) is 6.75. The molecule has 2 aromatic carbocycles. The number of anilines is 1. The summed E-state index contributed by atoms with van der Waals surface area (Å²) in [5.74, 6) is 1.22. The van der Waals surface area contributed by atoms with E-state index in [2.05, 4.69) is 37.5 Å². The molecule has 0 bridgehead atoms. The molecule has 3 nitrogen and oxygen atoms in total. The van der Waals surface area contributed by atoms with Crippen molar-refractivity contribution in [3.63, 3.8) is 0 Å². The Morgan fingerprint density at radius 3 is 2.44 bits per heavy atom. The van der Waals surface area contributed by atoms with Crippen LogP contribution in [0, 0.1) is 0 Å². The van der Waals surface area contributed by atoms with Crippen LogP contribution < -0.4 is 4.90 Å². The van der Waals surface area contributed by atoms with E-state index in [-0.39, 0.29) is 0 Å². The zero-order valence-electron chi connectivity index (χ0n) is 14.0. The van der Waals surface area contributed by atoms with Gasteiger partial charge in [-0.1, -0.05) is 39.7 Å². The maximum atomic E-state index is 11.8. The molecule has 2 aliphatic heterocycles. The Labute approximate surface area is 161 Å². The lowest BCUT2D eigenvalue weighted by atomic mass is 10.00. The molecular formula is C20H21BrClN2O+. The van der Waals surface area contributed by atoms with Gasteiger partial charge in [0.2, 0.25) is 0 Å². The van der Waals surface area contributed by atoms with Crippen molar-refractivity contribution in [1.29, 1.82) is 0 Å². The summed E-state index contributed by atoms with van der Waals surface area (Å²) in [4.78, 5) is 2.12. The van der Waals surface area contributed by atoms with Gasteiger partial charge in [0.05, 0.1) is 6.54 Å². The fraction of sp³-hybridized carbons (Fsp3) is 0.350. The minimum atomic E-state index is -1.08. The molecule has 0 spiro atoms. The number of hydrogen-bond acceptors (Lipinski definition) is 2. The van der Waals surface area contributed by atoms with Crippen LogP contribution in [-0.2, 0) is 5.72 Å². The monoisotopic (exact) mass is 419 g/mol. The third-order valence-corrected chi connectivity index (χ3v) is 5.90. The number of hydrogen-bond donors (Lipinski definition) is 1. The fourth-order valence-electron chi connectivity index (χ4n) is 3.91. The van der Waals surface area contributed by atoms with Gasteiger partial charge in [-0.3, -0.25) is 4.58 Å². The molecule has 0 aliphatic carbocycles. The van der Waals surface area contributed by atoms with Crippen LogP contribution in [0.25, 0.3) is 0 Å². The van der Waals surface area contributed by atoms with E-state index in [1.165, 1.54) is 18.7 Å². The highest BCUT2D eigenvalue weighted by Crippen LogP contribution is 2.38. The molecule has 1 N–H and O–H groups in total. The summed E-state index contributed by atoms with van der Waals surface area (Å²) in [6.07, 6.45) is 4.57. The van der Waals surface area contributed by atoms with E-state index >= 15 is 0 Å². The van der Waals surface area contributed by atoms with E-state index in [0.29, 0.717) is 11.6 Å². The molecular weight excluding hydrogens is 400 g/mol. The highest BCUT2D eigenvalue weighted by Gasteiger charge is 2.53. The minimum absolute atomic E-state index is 0.583. The molecule has 0 unspecified atom stereocenters. The quantitative estimate of drug-likeness (QED) is 0.710. The maximum Gasteiger partial charge on any atom is 0.275 e. The van der Waals surface area contributed by atoms with E-state index in [1.807, 2.05) is 36.4 Å². The molecule has 0 aromatic heterocycles. The van der Waals surface area contributed by atoms with Gasteiger partial charge in [0.1, 0.15) is 5.69 Å². The predicted molar refractivity (Wildman–Crippen MR) is 105 cm³/mol. The molecule has 0 fully saturated rings. The van der Waals surface area contributed by atoms with Gasteiger partial charge in [0.15, 0.2) is 6.54 Å². The van der Waals surface area contributed by atoms with Gasteiger partial charge < -0.3 is 5.11 Å². The van der Waals surface area contributed by atoms with Gasteiger partial charge >= 0.3 is 0 Å². The number of halogens is 2. The van der Waals surface area contributed by atoms with E-state index in [0.717, 1.165) is 35.1 Å². The first-order chi connectivity index (χ1) is 12.1. The molecule has 1 atom stereocenters. The Balaban J connectivity index is 1.83. The zero-order valence-corrected chi connectivity index (χ0v) is 16.3. The molecule has 0 radical (unpaired) electrons. The average molecular weight is 421 g/mol. The molecule has 4 rings (SSSR count). The molecule has 5 heteroatoms. The van der Waals surface area contributed by atoms with Crippen molar-refractivity contribution in [1.82, 2.24) is 0 Å². The smallest absolute Gasteiger partial charge is 0.275 e. The van der Waals surface area contributed by atoms with Crippen LogP contribution in [0.5, 0.6) is 0 Å². The minimum Gasteiger partial charge on any atom is -0.346 e. The van der Waals surface area contributed by atoms with Crippen LogP contribution in [0.1, 0.15) is 31.2 Å². The van der Waals surface area contributed by atoms with Gasteiger partial charge in [0, 0.05) is 21.5 Å². The summed E-state index contributed by atoms with van der Waals surface area (Å²) in [5, 5.41) is 12.5. The van der Waals surface area contributed by atoms with Crippen molar-refractivity contribution >= 4 is 39.1 Å². The lowest BCUT2D eigenvalue weighted by molar-refractivity contribution is -0.534. The average Bonchev–Trinajstić information content (AvgIpc) is 2.74. The molecule has 25 heavy (non-hydrogen) atoms. The molecule has 130 valence electrons. The topological polar surface area (TPSA) is 26.5 Å². The molecule has 2 aliphatic rings. The molecule has 2 aromatic rings. The number of nitrogens with zero attached hydrogens (tertiary/aromatic N) is 2. The van der Waals surface area contributed by atoms with Crippen molar-refractivity contribution in [2.75, 3.05) is 18.0 Å². The van der Waals surface area contributed by atoms with Crippen molar-refractivity contribution in [2.45, 2.75) is 31.4 Å². The molecule has 0 saturated heterocycles. The molecule has 0 amide bonds. The van der Waals surface area contributed by atoms with Gasteiger partial charge in [-0.25, -0.2) is 0 Å². The maximum absolute atomic E-state index is 11.8. The van der Waals surface area contributed by atoms with Crippen molar-refractivity contribution < 1.29 is 9.68 Å². The first-order valence-electron chi connectivity index (χ1n) is 8.73. The van der Waals surface area contributed by atoms with Crippen LogP contribution in [0.4, 0.5) is 5.69 Å². The summed E-state index contributed by atoms with van der Waals surface area (Å²) < 4.78 is 3.39. The van der Waals surface area contributed by atoms with E-state index in [9.17, 15) is 5.11 Å². The third kappa shape index (κ3) is 3.12. The Kier molecular flexibility index (Phi) is 4.61. The Hall–Kier alpha value is -1.36. The summed E-state index contributed by atoms with van der Waals surface area (Å²) in [6, 6.07) is 15.7. The number of benzene rings is 2. The Morgan fingerprint density at radius 1 is 1.00 bits per heavy atom. The summed E-state index contributed by atoms with van der Waals surface area (Å²) in [5.41, 5.74) is 0.811. The fourth-order valence-corrected chi connectivity index (χ4v) is 4.30. The largest absolute Gasteiger partial charge is 0.346 e. The van der Waals surface area contributed by atoms with Gasteiger partial charge in [-0.2, -0.15) is 4.90 Å². The summed E-state index contributed by atoms with van der Waals surface area (Å²) >= 11 is 9.57. The molecule has 0 saturated carbocycles.